The molecule has 3 aromatic rings. The van der Waals surface area contributed by atoms with Gasteiger partial charge in [0.05, 0.1) is 11.6 Å². The van der Waals surface area contributed by atoms with Gasteiger partial charge in [0.1, 0.15) is 17.8 Å². The minimum atomic E-state index is -1.15. The summed E-state index contributed by atoms with van der Waals surface area (Å²) in [7, 11) is 0. The molecule has 3 rings (SSSR count). The van der Waals surface area contributed by atoms with Crippen LogP contribution in [-0.2, 0) is 0 Å². The fourth-order valence-corrected chi connectivity index (χ4v) is 3.13. The molecule has 0 bridgehead atoms. The Balaban J connectivity index is 2.12. The van der Waals surface area contributed by atoms with Crippen molar-refractivity contribution in [3.8, 4) is 11.3 Å². The van der Waals surface area contributed by atoms with Crippen molar-refractivity contribution < 1.29 is 14.3 Å². The topological polar surface area (TPSA) is 79.5 Å². The predicted octanol–water partition coefficient (Wildman–Crippen LogP) is 3.93. The van der Waals surface area contributed by atoms with Crippen LogP contribution in [0.2, 0.25) is 0 Å². The third kappa shape index (κ3) is 2.84. The number of halogens is 2. The quantitative estimate of drug-likeness (QED) is 0.707. The van der Waals surface area contributed by atoms with E-state index in [1.807, 2.05) is 6.07 Å². The molecule has 1 atom stereocenters. The number of amides is 1. The highest BCUT2D eigenvalue weighted by atomic mass is 79.9. The third-order valence-electron chi connectivity index (χ3n) is 3.86. The molecule has 2 heterocycles. The second-order valence-corrected chi connectivity index (χ2v) is 6.32. The number of benzene rings is 1. The van der Waals surface area contributed by atoms with Gasteiger partial charge in [0.15, 0.2) is 0 Å². The standard InChI is InChI=1S/C16H14BrFN4O2/c1-8-11(9(2)21-16(23)24)3-4-12(14(8)18)15-13-5-10(17)6-22(13)20-7-19-15/h3-7,9,21H,1-2H3,(H,23,24)/t9-/m1/s1. The summed E-state index contributed by atoms with van der Waals surface area (Å²) in [6, 6.07) is 4.62. The number of rotatable bonds is 3. The molecule has 0 spiro atoms. The molecule has 0 radical (unpaired) electrons. The van der Waals surface area contributed by atoms with Crippen molar-refractivity contribution in [2.75, 3.05) is 0 Å². The van der Waals surface area contributed by atoms with Crippen molar-refractivity contribution in [2.45, 2.75) is 19.9 Å². The van der Waals surface area contributed by atoms with E-state index in [2.05, 4.69) is 31.3 Å². The lowest BCUT2D eigenvalue weighted by Crippen LogP contribution is -2.25. The molecule has 0 aliphatic carbocycles. The predicted molar refractivity (Wildman–Crippen MR) is 90.4 cm³/mol. The Morgan fingerprint density at radius 3 is 2.92 bits per heavy atom. The SMILES string of the molecule is Cc1c([C@@H](C)NC(=O)O)ccc(-c2ncnn3cc(Br)cc23)c1F. The molecule has 0 fully saturated rings. The molecular weight excluding hydrogens is 379 g/mol. The summed E-state index contributed by atoms with van der Waals surface area (Å²) in [4.78, 5) is 15.0. The zero-order valence-corrected chi connectivity index (χ0v) is 14.5. The first kappa shape index (κ1) is 16.4. The van der Waals surface area contributed by atoms with E-state index < -0.39 is 18.0 Å². The van der Waals surface area contributed by atoms with E-state index in [9.17, 15) is 9.18 Å². The lowest BCUT2D eigenvalue weighted by molar-refractivity contribution is 0.191. The number of carboxylic acid groups (broad SMARTS) is 1. The Labute approximate surface area is 145 Å². The number of nitrogens with one attached hydrogen (secondary N) is 1. The van der Waals surface area contributed by atoms with Gasteiger partial charge in [0, 0.05) is 16.2 Å². The Morgan fingerprint density at radius 1 is 1.46 bits per heavy atom. The highest BCUT2D eigenvalue weighted by molar-refractivity contribution is 9.10. The summed E-state index contributed by atoms with van der Waals surface area (Å²) < 4.78 is 17.4. The summed E-state index contributed by atoms with van der Waals surface area (Å²) in [5.74, 6) is -0.426. The fraction of sp³-hybridized carbons (Fsp3) is 0.188. The molecule has 124 valence electrons. The first-order chi connectivity index (χ1) is 11.4. The molecule has 0 saturated heterocycles. The average Bonchev–Trinajstić information content (AvgIpc) is 2.89. The monoisotopic (exact) mass is 392 g/mol. The van der Waals surface area contributed by atoms with Crippen molar-refractivity contribution in [3.05, 3.63) is 52.1 Å². The maximum absolute atomic E-state index is 14.9. The van der Waals surface area contributed by atoms with Crippen molar-refractivity contribution in [2.24, 2.45) is 0 Å². The first-order valence-corrected chi connectivity index (χ1v) is 7.95. The minimum absolute atomic E-state index is 0.344. The molecule has 0 unspecified atom stereocenters. The van der Waals surface area contributed by atoms with Gasteiger partial charge in [-0.3, -0.25) is 0 Å². The second kappa shape index (κ2) is 6.20. The van der Waals surface area contributed by atoms with E-state index in [4.69, 9.17) is 5.11 Å². The number of fused-ring (bicyclic) bond motifs is 1. The summed E-state index contributed by atoms with van der Waals surface area (Å²) in [6.07, 6.45) is 1.98. The van der Waals surface area contributed by atoms with Crippen molar-refractivity contribution in [1.82, 2.24) is 19.9 Å². The number of carbonyl (C=O) groups is 1. The Morgan fingerprint density at radius 2 is 2.21 bits per heavy atom. The second-order valence-electron chi connectivity index (χ2n) is 5.41. The molecule has 1 amide bonds. The van der Waals surface area contributed by atoms with E-state index in [0.29, 0.717) is 27.9 Å². The molecule has 0 aliphatic heterocycles. The van der Waals surface area contributed by atoms with Crippen molar-refractivity contribution >= 4 is 27.5 Å². The Kier molecular flexibility index (Phi) is 4.23. The molecule has 8 heteroatoms. The number of nitrogens with zero attached hydrogens (tertiary/aromatic N) is 3. The fourth-order valence-electron chi connectivity index (χ4n) is 2.72. The van der Waals surface area contributed by atoms with Crippen LogP contribution in [0.4, 0.5) is 9.18 Å². The van der Waals surface area contributed by atoms with Gasteiger partial charge < -0.3 is 10.4 Å². The van der Waals surface area contributed by atoms with Gasteiger partial charge in [-0.15, -0.1) is 0 Å². The maximum Gasteiger partial charge on any atom is 0.405 e. The van der Waals surface area contributed by atoms with Crippen LogP contribution in [0.3, 0.4) is 0 Å². The zero-order chi connectivity index (χ0) is 17.4. The van der Waals surface area contributed by atoms with Crippen LogP contribution in [0.5, 0.6) is 0 Å². The molecule has 0 aliphatic rings. The smallest absolute Gasteiger partial charge is 0.405 e. The Bertz CT molecular complexity index is 941. The van der Waals surface area contributed by atoms with Crippen LogP contribution in [0, 0.1) is 12.7 Å². The summed E-state index contributed by atoms with van der Waals surface area (Å²) >= 11 is 3.37. The zero-order valence-electron chi connectivity index (χ0n) is 12.9. The average molecular weight is 393 g/mol. The van der Waals surface area contributed by atoms with E-state index in [1.54, 1.807) is 36.7 Å². The van der Waals surface area contributed by atoms with E-state index in [1.165, 1.54) is 6.33 Å². The lowest BCUT2D eigenvalue weighted by atomic mass is 9.97. The van der Waals surface area contributed by atoms with Gasteiger partial charge in [0.2, 0.25) is 0 Å². The van der Waals surface area contributed by atoms with Gasteiger partial charge in [-0.25, -0.2) is 18.7 Å². The molecule has 2 N–H and O–H groups in total. The summed E-state index contributed by atoms with van der Waals surface area (Å²) in [5, 5.41) is 15.3. The van der Waals surface area contributed by atoms with Crippen LogP contribution in [0.15, 0.2) is 35.2 Å². The van der Waals surface area contributed by atoms with Crippen LogP contribution < -0.4 is 5.32 Å². The molecule has 24 heavy (non-hydrogen) atoms. The van der Waals surface area contributed by atoms with E-state index >= 15 is 0 Å². The van der Waals surface area contributed by atoms with Gasteiger partial charge in [-0.2, -0.15) is 5.10 Å². The molecule has 6 nitrogen and oxygen atoms in total. The molecular formula is C16H14BrFN4O2. The van der Waals surface area contributed by atoms with Crippen LogP contribution in [-0.4, -0.2) is 25.8 Å². The summed E-state index contributed by atoms with van der Waals surface area (Å²) in [6.45, 7) is 3.29. The van der Waals surface area contributed by atoms with Gasteiger partial charge in [-0.05, 0) is 53.0 Å². The molecule has 1 aromatic carbocycles. The first-order valence-electron chi connectivity index (χ1n) is 7.16. The van der Waals surface area contributed by atoms with Crippen LogP contribution in [0.1, 0.15) is 24.1 Å². The van der Waals surface area contributed by atoms with Gasteiger partial charge in [-0.1, -0.05) is 6.07 Å². The number of hydrogen-bond donors (Lipinski definition) is 2. The molecule has 2 aromatic heterocycles. The highest BCUT2D eigenvalue weighted by Gasteiger charge is 2.19. The molecule has 0 saturated carbocycles. The minimum Gasteiger partial charge on any atom is -0.465 e. The van der Waals surface area contributed by atoms with Crippen LogP contribution >= 0.6 is 15.9 Å². The van der Waals surface area contributed by atoms with Gasteiger partial charge in [0.25, 0.3) is 0 Å². The normalized spacial score (nSPS) is 12.3. The highest BCUT2D eigenvalue weighted by Crippen LogP contribution is 2.31. The summed E-state index contributed by atoms with van der Waals surface area (Å²) in [5.41, 5.74) is 2.46. The van der Waals surface area contributed by atoms with Gasteiger partial charge >= 0.3 is 6.09 Å². The largest absolute Gasteiger partial charge is 0.465 e. The number of aromatic nitrogens is 3. The maximum atomic E-state index is 14.9. The van der Waals surface area contributed by atoms with Crippen molar-refractivity contribution in [1.29, 1.82) is 0 Å². The van der Waals surface area contributed by atoms with E-state index in [0.717, 1.165) is 4.47 Å². The lowest BCUT2D eigenvalue weighted by Gasteiger charge is -2.17. The number of hydrogen-bond acceptors (Lipinski definition) is 3. The van der Waals surface area contributed by atoms with E-state index in [-0.39, 0.29) is 0 Å². The van der Waals surface area contributed by atoms with Crippen molar-refractivity contribution in [3.63, 3.8) is 0 Å². The third-order valence-corrected chi connectivity index (χ3v) is 4.30. The Hall–Kier alpha value is -2.48. The van der Waals surface area contributed by atoms with Crippen LogP contribution in [0.25, 0.3) is 16.8 Å².